The molecule has 2 nitrogen and oxygen atoms in total. The van der Waals surface area contributed by atoms with Crippen LogP contribution in [0.5, 0.6) is 0 Å². The van der Waals surface area contributed by atoms with Crippen LogP contribution in [0.15, 0.2) is 0 Å². The van der Waals surface area contributed by atoms with Gasteiger partial charge in [0.1, 0.15) is 0 Å². The topological polar surface area (TPSA) is 38.0 Å². The van der Waals surface area contributed by atoms with Crippen LogP contribution in [0.1, 0.15) is 52.4 Å². The van der Waals surface area contributed by atoms with Crippen molar-refractivity contribution < 1.29 is 0 Å². The molecule has 0 saturated carbocycles. The van der Waals surface area contributed by atoms with Crippen molar-refractivity contribution in [3.63, 3.8) is 0 Å². The van der Waals surface area contributed by atoms with Gasteiger partial charge in [-0.3, -0.25) is 0 Å². The fourth-order valence-corrected chi connectivity index (χ4v) is 2.83. The third kappa shape index (κ3) is 4.52. The van der Waals surface area contributed by atoms with Crippen molar-refractivity contribution in [2.45, 2.75) is 58.4 Å². The molecule has 0 aromatic heterocycles. The second kappa shape index (κ2) is 7.24. The Balaban J connectivity index is 2.32. The molecule has 90 valence electrons. The van der Waals surface area contributed by atoms with E-state index in [2.05, 4.69) is 19.2 Å². The van der Waals surface area contributed by atoms with Gasteiger partial charge in [0.2, 0.25) is 0 Å². The predicted molar refractivity (Wildman–Crippen MR) is 66.9 cm³/mol. The maximum Gasteiger partial charge on any atom is 0.0107 e. The highest BCUT2D eigenvalue weighted by atomic mass is 14.9. The van der Waals surface area contributed by atoms with E-state index in [9.17, 15) is 0 Å². The zero-order valence-electron chi connectivity index (χ0n) is 10.5. The molecule has 3 atom stereocenters. The molecule has 1 rings (SSSR count). The van der Waals surface area contributed by atoms with Gasteiger partial charge >= 0.3 is 0 Å². The minimum atomic E-state index is 0.697. The second-order valence-electron chi connectivity index (χ2n) is 5.18. The van der Waals surface area contributed by atoms with E-state index in [-0.39, 0.29) is 0 Å². The Morgan fingerprint density at radius 1 is 1.40 bits per heavy atom. The lowest BCUT2D eigenvalue weighted by Gasteiger charge is -2.32. The minimum Gasteiger partial charge on any atom is -0.330 e. The molecule has 1 aliphatic heterocycles. The van der Waals surface area contributed by atoms with E-state index >= 15 is 0 Å². The fourth-order valence-electron chi connectivity index (χ4n) is 2.83. The van der Waals surface area contributed by atoms with Crippen LogP contribution in [-0.4, -0.2) is 19.1 Å². The molecule has 1 saturated heterocycles. The van der Waals surface area contributed by atoms with E-state index in [1.165, 1.54) is 45.1 Å². The summed E-state index contributed by atoms with van der Waals surface area (Å²) < 4.78 is 0. The normalized spacial score (nSPS) is 26.2. The van der Waals surface area contributed by atoms with Crippen molar-refractivity contribution in [3.8, 4) is 0 Å². The van der Waals surface area contributed by atoms with Gasteiger partial charge in [-0.25, -0.2) is 0 Å². The van der Waals surface area contributed by atoms with E-state index in [1.54, 1.807) is 0 Å². The van der Waals surface area contributed by atoms with E-state index in [4.69, 9.17) is 5.73 Å². The largest absolute Gasteiger partial charge is 0.330 e. The molecule has 0 amide bonds. The average Bonchev–Trinajstić information content (AvgIpc) is 2.27. The maximum absolute atomic E-state index is 5.91. The summed E-state index contributed by atoms with van der Waals surface area (Å²) in [5.74, 6) is 1.54. The highest BCUT2D eigenvalue weighted by Gasteiger charge is 2.23. The van der Waals surface area contributed by atoms with Gasteiger partial charge in [0.25, 0.3) is 0 Å². The molecule has 15 heavy (non-hydrogen) atoms. The van der Waals surface area contributed by atoms with E-state index in [0.29, 0.717) is 12.0 Å². The van der Waals surface area contributed by atoms with Crippen LogP contribution < -0.4 is 11.1 Å². The second-order valence-corrected chi connectivity index (χ2v) is 5.18. The molecule has 0 bridgehead atoms. The summed E-state index contributed by atoms with van der Waals surface area (Å²) in [6, 6.07) is 0.697. The van der Waals surface area contributed by atoms with Crippen LogP contribution in [0.2, 0.25) is 0 Å². The average molecular weight is 212 g/mol. The number of hydrogen-bond acceptors (Lipinski definition) is 2. The van der Waals surface area contributed by atoms with Gasteiger partial charge in [-0.15, -0.1) is 0 Å². The molecule has 0 aliphatic carbocycles. The quantitative estimate of drug-likeness (QED) is 0.710. The van der Waals surface area contributed by atoms with Crippen molar-refractivity contribution >= 4 is 0 Å². The first kappa shape index (κ1) is 13.0. The monoisotopic (exact) mass is 212 g/mol. The third-order valence-corrected chi connectivity index (χ3v) is 3.71. The zero-order valence-corrected chi connectivity index (χ0v) is 10.5. The van der Waals surface area contributed by atoms with Crippen molar-refractivity contribution in [1.29, 1.82) is 0 Å². The SMILES string of the molecule is CCCC(C)CC(CN)C1CCCCN1. The standard InChI is InChI=1S/C13H28N2/c1-3-6-11(2)9-12(10-14)13-7-4-5-8-15-13/h11-13,15H,3-10,14H2,1-2H3. The molecule has 0 aromatic carbocycles. The van der Waals surface area contributed by atoms with Gasteiger partial charge in [-0.1, -0.05) is 33.1 Å². The lowest BCUT2D eigenvalue weighted by molar-refractivity contribution is 0.254. The molecule has 1 heterocycles. The van der Waals surface area contributed by atoms with E-state index in [1.807, 2.05) is 0 Å². The van der Waals surface area contributed by atoms with Gasteiger partial charge in [-0.2, -0.15) is 0 Å². The van der Waals surface area contributed by atoms with Crippen molar-refractivity contribution in [3.05, 3.63) is 0 Å². The first-order chi connectivity index (χ1) is 7.27. The van der Waals surface area contributed by atoms with Gasteiger partial charge in [-0.05, 0) is 44.2 Å². The molecule has 1 fully saturated rings. The number of nitrogens with one attached hydrogen (secondary N) is 1. The molecule has 0 radical (unpaired) electrons. The Kier molecular flexibility index (Phi) is 6.26. The van der Waals surface area contributed by atoms with Crippen LogP contribution in [0.4, 0.5) is 0 Å². The van der Waals surface area contributed by atoms with Crippen molar-refractivity contribution in [2.75, 3.05) is 13.1 Å². The Labute approximate surface area is 95.0 Å². The van der Waals surface area contributed by atoms with Crippen LogP contribution in [0.3, 0.4) is 0 Å². The minimum absolute atomic E-state index is 0.697. The Bertz CT molecular complexity index is 153. The Hall–Kier alpha value is -0.0800. The fraction of sp³-hybridized carbons (Fsp3) is 1.00. The highest BCUT2D eigenvalue weighted by molar-refractivity contribution is 4.81. The van der Waals surface area contributed by atoms with Crippen LogP contribution in [0.25, 0.3) is 0 Å². The smallest absolute Gasteiger partial charge is 0.0107 e. The lowest BCUT2D eigenvalue weighted by Crippen LogP contribution is -2.43. The van der Waals surface area contributed by atoms with Gasteiger partial charge in [0.05, 0.1) is 0 Å². The van der Waals surface area contributed by atoms with E-state index < -0.39 is 0 Å². The number of nitrogens with two attached hydrogens (primary N) is 1. The zero-order chi connectivity index (χ0) is 11.1. The first-order valence-electron chi connectivity index (χ1n) is 6.71. The number of rotatable bonds is 6. The predicted octanol–water partition coefficient (Wildman–Crippen LogP) is 2.53. The number of piperidine rings is 1. The van der Waals surface area contributed by atoms with Crippen molar-refractivity contribution in [2.24, 2.45) is 17.6 Å². The summed E-state index contributed by atoms with van der Waals surface area (Å²) in [5.41, 5.74) is 5.91. The molecular weight excluding hydrogens is 184 g/mol. The summed E-state index contributed by atoms with van der Waals surface area (Å²) in [6.07, 6.45) is 8.02. The maximum atomic E-state index is 5.91. The third-order valence-electron chi connectivity index (χ3n) is 3.71. The summed E-state index contributed by atoms with van der Waals surface area (Å²) in [6.45, 7) is 6.69. The molecule has 3 unspecified atom stereocenters. The molecule has 0 spiro atoms. The Morgan fingerprint density at radius 2 is 2.20 bits per heavy atom. The molecule has 2 heteroatoms. The summed E-state index contributed by atoms with van der Waals surface area (Å²) in [4.78, 5) is 0. The van der Waals surface area contributed by atoms with Crippen molar-refractivity contribution in [1.82, 2.24) is 5.32 Å². The molecule has 0 aromatic rings. The lowest BCUT2D eigenvalue weighted by atomic mass is 9.84. The summed E-state index contributed by atoms with van der Waals surface area (Å²) >= 11 is 0. The summed E-state index contributed by atoms with van der Waals surface area (Å²) in [7, 11) is 0. The molecule has 3 N–H and O–H groups in total. The Morgan fingerprint density at radius 3 is 2.73 bits per heavy atom. The van der Waals surface area contributed by atoms with Crippen LogP contribution >= 0.6 is 0 Å². The van der Waals surface area contributed by atoms with Crippen LogP contribution in [-0.2, 0) is 0 Å². The molecule has 1 aliphatic rings. The van der Waals surface area contributed by atoms with Crippen LogP contribution in [0, 0.1) is 11.8 Å². The molecular formula is C13H28N2. The number of hydrogen-bond donors (Lipinski definition) is 2. The van der Waals surface area contributed by atoms with Gasteiger partial charge < -0.3 is 11.1 Å². The summed E-state index contributed by atoms with van der Waals surface area (Å²) in [5, 5.41) is 3.64. The highest BCUT2D eigenvalue weighted by Crippen LogP contribution is 2.23. The van der Waals surface area contributed by atoms with E-state index in [0.717, 1.165) is 12.5 Å². The van der Waals surface area contributed by atoms with Gasteiger partial charge in [0, 0.05) is 6.04 Å². The first-order valence-corrected chi connectivity index (χ1v) is 6.71. The van der Waals surface area contributed by atoms with Gasteiger partial charge in [0.15, 0.2) is 0 Å².